The van der Waals surface area contributed by atoms with Crippen molar-refractivity contribution in [2.45, 2.75) is 12.3 Å². The first-order valence-electron chi connectivity index (χ1n) is 7.57. The molecule has 1 unspecified atom stereocenters. The van der Waals surface area contributed by atoms with Crippen LogP contribution in [0.3, 0.4) is 0 Å². The van der Waals surface area contributed by atoms with Crippen LogP contribution in [0, 0.1) is 0 Å². The number of ether oxygens (including phenoxy) is 3. The molecule has 0 spiro atoms. The zero-order chi connectivity index (χ0) is 18.1. The lowest BCUT2D eigenvalue weighted by atomic mass is 9.83. The van der Waals surface area contributed by atoms with Crippen LogP contribution >= 0.6 is 23.2 Å². The van der Waals surface area contributed by atoms with Gasteiger partial charge in [-0.3, -0.25) is 4.79 Å². The molecule has 2 aromatic carbocycles. The van der Waals surface area contributed by atoms with Gasteiger partial charge < -0.3 is 19.5 Å². The maximum Gasteiger partial charge on any atom is 0.225 e. The van der Waals surface area contributed by atoms with Gasteiger partial charge in [0.25, 0.3) is 0 Å². The summed E-state index contributed by atoms with van der Waals surface area (Å²) in [4.78, 5) is 12.2. The summed E-state index contributed by atoms with van der Waals surface area (Å²) < 4.78 is 16.4. The van der Waals surface area contributed by atoms with Gasteiger partial charge in [-0.25, -0.2) is 0 Å². The summed E-state index contributed by atoms with van der Waals surface area (Å²) in [6.07, 6.45) is 0.236. The molecule has 1 amide bonds. The summed E-state index contributed by atoms with van der Waals surface area (Å²) in [6.45, 7) is 0. The van der Waals surface area contributed by atoms with E-state index in [1.165, 1.54) is 7.11 Å². The molecule has 25 heavy (non-hydrogen) atoms. The number of carbonyl (C=O) groups is 1. The number of fused-ring (bicyclic) bond motifs is 1. The van der Waals surface area contributed by atoms with Crippen LogP contribution in [-0.2, 0) is 4.79 Å². The Bertz CT molecular complexity index is 838. The van der Waals surface area contributed by atoms with Crippen LogP contribution < -0.4 is 19.5 Å². The van der Waals surface area contributed by atoms with E-state index in [4.69, 9.17) is 37.4 Å². The van der Waals surface area contributed by atoms with E-state index < -0.39 is 0 Å². The fourth-order valence-electron chi connectivity index (χ4n) is 3.17. The van der Waals surface area contributed by atoms with E-state index in [0.717, 1.165) is 11.1 Å². The molecule has 1 N–H and O–H groups in total. The van der Waals surface area contributed by atoms with Crippen molar-refractivity contribution in [1.82, 2.24) is 0 Å². The van der Waals surface area contributed by atoms with Crippen LogP contribution in [0.2, 0.25) is 10.0 Å². The van der Waals surface area contributed by atoms with Crippen molar-refractivity contribution in [3.05, 3.63) is 45.4 Å². The first-order valence-corrected chi connectivity index (χ1v) is 8.33. The van der Waals surface area contributed by atoms with Gasteiger partial charge in [-0.1, -0.05) is 29.3 Å². The highest BCUT2D eigenvalue weighted by atomic mass is 35.5. The van der Waals surface area contributed by atoms with Gasteiger partial charge >= 0.3 is 0 Å². The van der Waals surface area contributed by atoms with E-state index >= 15 is 0 Å². The van der Waals surface area contributed by atoms with Crippen molar-refractivity contribution in [1.29, 1.82) is 0 Å². The van der Waals surface area contributed by atoms with E-state index in [9.17, 15) is 4.79 Å². The lowest BCUT2D eigenvalue weighted by Crippen LogP contribution is -2.24. The quantitative estimate of drug-likeness (QED) is 0.847. The molecule has 0 saturated heterocycles. The largest absolute Gasteiger partial charge is 0.493 e. The van der Waals surface area contributed by atoms with Crippen molar-refractivity contribution >= 4 is 34.8 Å². The number of anilines is 1. The zero-order valence-corrected chi connectivity index (χ0v) is 15.5. The highest BCUT2D eigenvalue weighted by Gasteiger charge is 2.34. The van der Waals surface area contributed by atoms with Gasteiger partial charge in [-0.05, 0) is 17.7 Å². The van der Waals surface area contributed by atoms with Crippen LogP contribution in [0.4, 0.5) is 5.69 Å². The van der Waals surface area contributed by atoms with E-state index in [1.807, 2.05) is 6.07 Å². The zero-order valence-electron chi connectivity index (χ0n) is 14.0. The topological polar surface area (TPSA) is 56.8 Å². The predicted octanol–water partition coefficient (Wildman–Crippen LogP) is 4.49. The Labute approximate surface area is 155 Å². The number of rotatable bonds is 4. The fourth-order valence-corrected chi connectivity index (χ4v) is 3.71. The summed E-state index contributed by atoms with van der Waals surface area (Å²) in [5, 5.41) is 3.90. The number of amides is 1. The van der Waals surface area contributed by atoms with E-state index in [-0.39, 0.29) is 18.2 Å². The van der Waals surface area contributed by atoms with E-state index in [2.05, 4.69) is 5.32 Å². The third-order valence-corrected chi connectivity index (χ3v) is 4.78. The second-order valence-corrected chi connectivity index (χ2v) is 6.42. The Hall–Kier alpha value is -2.11. The predicted molar refractivity (Wildman–Crippen MR) is 97.6 cm³/mol. The molecule has 7 heteroatoms. The molecule has 0 aliphatic carbocycles. The molecule has 0 fully saturated rings. The van der Waals surface area contributed by atoms with Crippen LogP contribution in [0.1, 0.15) is 23.5 Å². The molecular weight excluding hydrogens is 365 g/mol. The Balaban J connectivity index is 2.27. The summed E-state index contributed by atoms with van der Waals surface area (Å²) in [5.74, 6) is 1.05. The standard InChI is InChI=1S/C18H17Cl2NO4/c1-23-14-8-13-16(18(25-3)17(14)24-2)11(7-15(22)21-13)10-5-4-9(19)6-12(10)20/h4-6,8,11H,7H2,1-3H3,(H,21,22). The molecule has 1 aliphatic heterocycles. The molecule has 1 atom stereocenters. The second kappa shape index (κ2) is 7.02. The minimum atomic E-state index is -0.289. The average molecular weight is 382 g/mol. The normalized spacial score (nSPS) is 16.0. The van der Waals surface area contributed by atoms with Gasteiger partial charge in [0.1, 0.15) is 0 Å². The lowest BCUT2D eigenvalue weighted by Gasteiger charge is -2.30. The number of hydrogen-bond donors (Lipinski definition) is 1. The molecule has 5 nitrogen and oxygen atoms in total. The van der Waals surface area contributed by atoms with Gasteiger partial charge in [-0.2, -0.15) is 0 Å². The van der Waals surface area contributed by atoms with Crippen molar-refractivity contribution in [3.63, 3.8) is 0 Å². The van der Waals surface area contributed by atoms with Crippen LogP contribution in [0.5, 0.6) is 17.2 Å². The summed E-state index contributed by atoms with van der Waals surface area (Å²) >= 11 is 12.4. The molecule has 1 aliphatic rings. The SMILES string of the molecule is COc1cc2c(c(OC)c1OC)C(c1ccc(Cl)cc1Cl)CC(=O)N2. The summed E-state index contributed by atoms with van der Waals surface area (Å²) in [5.41, 5.74) is 2.21. The molecule has 1 heterocycles. The molecule has 2 aromatic rings. The second-order valence-electron chi connectivity index (χ2n) is 5.58. The Kier molecular flexibility index (Phi) is 4.97. The fraction of sp³-hybridized carbons (Fsp3) is 0.278. The smallest absolute Gasteiger partial charge is 0.225 e. The minimum absolute atomic E-state index is 0.113. The van der Waals surface area contributed by atoms with E-state index in [0.29, 0.717) is 33.0 Å². The highest BCUT2D eigenvalue weighted by molar-refractivity contribution is 6.35. The molecule has 0 aromatic heterocycles. The first kappa shape index (κ1) is 17.7. The number of nitrogens with one attached hydrogen (secondary N) is 1. The monoisotopic (exact) mass is 381 g/mol. The van der Waals surface area contributed by atoms with Crippen molar-refractivity contribution < 1.29 is 19.0 Å². The van der Waals surface area contributed by atoms with Gasteiger partial charge in [0, 0.05) is 34.0 Å². The lowest BCUT2D eigenvalue weighted by molar-refractivity contribution is -0.116. The third-order valence-electron chi connectivity index (χ3n) is 4.22. The summed E-state index contributed by atoms with van der Waals surface area (Å²) in [6, 6.07) is 6.97. The number of halogens is 2. The number of methoxy groups -OCH3 is 3. The third kappa shape index (κ3) is 3.10. The maximum atomic E-state index is 12.2. The van der Waals surface area contributed by atoms with Gasteiger partial charge in [0.05, 0.1) is 27.0 Å². The van der Waals surface area contributed by atoms with Crippen molar-refractivity contribution in [2.24, 2.45) is 0 Å². The average Bonchev–Trinajstić information content (AvgIpc) is 2.59. The Morgan fingerprint density at radius 3 is 2.36 bits per heavy atom. The molecule has 132 valence electrons. The van der Waals surface area contributed by atoms with Crippen molar-refractivity contribution in [3.8, 4) is 17.2 Å². The molecule has 0 bridgehead atoms. The first-order chi connectivity index (χ1) is 12.0. The molecular formula is C18H17Cl2NO4. The van der Waals surface area contributed by atoms with Crippen LogP contribution in [0.15, 0.2) is 24.3 Å². The molecule has 3 rings (SSSR count). The van der Waals surface area contributed by atoms with Crippen molar-refractivity contribution in [2.75, 3.05) is 26.6 Å². The highest BCUT2D eigenvalue weighted by Crippen LogP contribution is 2.52. The summed E-state index contributed by atoms with van der Waals surface area (Å²) in [7, 11) is 4.62. The Morgan fingerprint density at radius 1 is 1.04 bits per heavy atom. The van der Waals surface area contributed by atoms with Crippen LogP contribution in [-0.4, -0.2) is 27.2 Å². The van der Waals surface area contributed by atoms with Gasteiger partial charge in [-0.15, -0.1) is 0 Å². The van der Waals surface area contributed by atoms with Crippen LogP contribution in [0.25, 0.3) is 0 Å². The van der Waals surface area contributed by atoms with Gasteiger partial charge in [0.2, 0.25) is 11.7 Å². The minimum Gasteiger partial charge on any atom is -0.493 e. The maximum absolute atomic E-state index is 12.2. The number of hydrogen-bond acceptors (Lipinski definition) is 4. The Morgan fingerprint density at radius 2 is 1.76 bits per heavy atom. The number of carbonyl (C=O) groups excluding carboxylic acids is 1. The molecule has 0 saturated carbocycles. The van der Waals surface area contributed by atoms with E-state index in [1.54, 1.807) is 32.4 Å². The number of benzene rings is 2. The molecule has 0 radical (unpaired) electrons. The van der Waals surface area contributed by atoms with Gasteiger partial charge in [0.15, 0.2) is 11.5 Å².